The Morgan fingerprint density at radius 1 is 1.12 bits per heavy atom. The van der Waals surface area contributed by atoms with Crippen molar-refractivity contribution in [2.24, 2.45) is 0 Å². The number of hydrogen-bond acceptors (Lipinski definition) is 4. The van der Waals surface area contributed by atoms with E-state index in [9.17, 15) is 4.79 Å². The van der Waals surface area contributed by atoms with E-state index in [1.54, 1.807) is 14.2 Å². The molecule has 0 aliphatic carbocycles. The Morgan fingerprint density at radius 2 is 1.85 bits per heavy atom. The first kappa shape index (κ1) is 20.9. The molecule has 0 N–H and O–H groups in total. The number of carbonyl (C=O) groups excluding carboxylic acids is 1. The molecule has 1 saturated heterocycles. The van der Waals surface area contributed by atoms with Crippen LogP contribution in [0.3, 0.4) is 0 Å². The highest BCUT2D eigenvalue weighted by Gasteiger charge is 2.32. The number of ether oxygens (including phenoxy) is 2. The lowest BCUT2D eigenvalue weighted by molar-refractivity contribution is -0.131. The van der Waals surface area contributed by atoms with Gasteiger partial charge in [-0.1, -0.05) is 45.4 Å². The first-order chi connectivity index (χ1) is 12.7. The molecule has 1 unspecified atom stereocenters. The maximum absolute atomic E-state index is 12.7. The van der Waals surface area contributed by atoms with E-state index >= 15 is 0 Å². The van der Waals surface area contributed by atoms with Crippen LogP contribution in [0.4, 0.5) is 0 Å². The van der Waals surface area contributed by atoms with E-state index in [1.807, 2.05) is 34.9 Å². The van der Waals surface area contributed by atoms with Crippen molar-refractivity contribution in [2.45, 2.75) is 63.7 Å². The summed E-state index contributed by atoms with van der Waals surface area (Å²) in [6, 6.07) is 5.86. The van der Waals surface area contributed by atoms with Crippen molar-refractivity contribution in [1.29, 1.82) is 0 Å². The van der Waals surface area contributed by atoms with Crippen LogP contribution in [0.2, 0.25) is 0 Å². The second-order valence-corrected chi connectivity index (χ2v) is 7.98. The summed E-state index contributed by atoms with van der Waals surface area (Å²) in [5.41, 5.74) is 1.06. The quantitative estimate of drug-likeness (QED) is 0.481. The lowest BCUT2D eigenvalue weighted by Crippen LogP contribution is -2.30. The van der Waals surface area contributed by atoms with Crippen LogP contribution in [0.15, 0.2) is 18.2 Å². The second-order valence-electron chi connectivity index (χ2n) is 6.79. The molecule has 1 amide bonds. The first-order valence-electron chi connectivity index (χ1n) is 9.84. The fourth-order valence-electron chi connectivity index (χ4n) is 3.38. The topological polar surface area (TPSA) is 38.8 Å². The second kappa shape index (κ2) is 11.4. The van der Waals surface area contributed by atoms with Gasteiger partial charge in [0.2, 0.25) is 5.91 Å². The third kappa shape index (κ3) is 5.83. The van der Waals surface area contributed by atoms with E-state index < -0.39 is 0 Å². The van der Waals surface area contributed by atoms with Crippen LogP contribution < -0.4 is 9.47 Å². The van der Waals surface area contributed by atoms with E-state index in [4.69, 9.17) is 9.47 Å². The van der Waals surface area contributed by atoms with Crippen molar-refractivity contribution in [3.8, 4) is 11.5 Å². The largest absolute Gasteiger partial charge is 0.497 e. The lowest BCUT2D eigenvalue weighted by atomic mass is 10.1. The summed E-state index contributed by atoms with van der Waals surface area (Å²) in [7, 11) is 3.32. The molecule has 1 aromatic rings. The van der Waals surface area contributed by atoms with Gasteiger partial charge in [0.05, 0.1) is 14.2 Å². The third-order valence-electron chi connectivity index (χ3n) is 4.91. The Bertz CT molecular complexity index is 564. The van der Waals surface area contributed by atoms with Crippen molar-refractivity contribution < 1.29 is 14.3 Å². The minimum Gasteiger partial charge on any atom is -0.497 e. The van der Waals surface area contributed by atoms with Gasteiger partial charge in [-0.25, -0.2) is 0 Å². The number of nitrogens with zero attached hydrogens (tertiary/aromatic N) is 1. The van der Waals surface area contributed by atoms with Gasteiger partial charge in [-0.3, -0.25) is 4.79 Å². The number of benzene rings is 1. The number of unbranched alkanes of at least 4 members (excludes halogenated alkanes) is 6. The molecule has 0 bridgehead atoms. The van der Waals surface area contributed by atoms with Gasteiger partial charge in [0.1, 0.15) is 16.9 Å². The highest BCUT2D eigenvalue weighted by atomic mass is 32.2. The minimum absolute atomic E-state index is 0.0490. The average Bonchev–Trinajstić information content (AvgIpc) is 3.16. The number of rotatable bonds is 11. The van der Waals surface area contributed by atoms with Gasteiger partial charge >= 0.3 is 0 Å². The average molecular weight is 380 g/mol. The van der Waals surface area contributed by atoms with Gasteiger partial charge in [-0.2, -0.15) is 0 Å². The molecule has 2 rings (SSSR count). The molecule has 0 saturated carbocycles. The molecule has 1 aliphatic heterocycles. The van der Waals surface area contributed by atoms with Gasteiger partial charge in [0.25, 0.3) is 0 Å². The molecule has 1 aromatic carbocycles. The van der Waals surface area contributed by atoms with Crippen LogP contribution in [-0.2, 0) is 4.79 Å². The van der Waals surface area contributed by atoms with Gasteiger partial charge in [-0.15, -0.1) is 11.8 Å². The molecule has 26 heavy (non-hydrogen) atoms. The zero-order valence-electron chi connectivity index (χ0n) is 16.5. The highest BCUT2D eigenvalue weighted by Crippen LogP contribution is 2.43. The van der Waals surface area contributed by atoms with Crippen LogP contribution in [0.25, 0.3) is 0 Å². The molecule has 1 atom stereocenters. The summed E-state index contributed by atoms with van der Waals surface area (Å²) in [5, 5.41) is 0.0490. The van der Waals surface area contributed by atoms with Gasteiger partial charge < -0.3 is 14.4 Å². The van der Waals surface area contributed by atoms with Gasteiger partial charge in [0.15, 0.2) is 0 Å². The van der Waals surface area contributed by atoms with Crippen molar-refractivity contribution in [2.75, 3.05) is 26.5 Å². The molecule has 146 valence electrons. The van der Waals surface area contributed by atoms with Crippen molar-refractivity contribution >= 4 is 17.7 Å². The van der Waals surface area contributed by atoms with Crippen LogP contribution in [0.1, 0.15) is 69.2 Å². The molecule has 1 aliphatic rings. The normalized spacial score (nSPS) is 16.7. The Hall–Kier alpha value is -1.36. The van der Waals surface area contributed by atoms with Crippen molar-refractivity contribution in [1.82, 2.24) is 4.90 Å². The molecule has 1 fully saturated rings. The minimum atomic E-state index is 0.0490. The van der Waals surface area contributed by atoms with Crippen LogP contribution in [0, 0.1) is 0 Å². The highest BCUT2D eigenvalue weighted by molar-refractivity contribution is 7.99. The van der Waals surface area contributed by atoms with Crippen LogP contribution in [-0.4, -0.2) is 37.3 Å². The summed E-state index contributed by atoms with van der Waals surface area (Å²) in [5.74, 6) is 2.81. The number of carbonyl (C=O) groups is 1. The molecule has 4 nitrogen and oxygen atoms in total. The lowest BCUT2D eigenvalue weighted by Gasteiger charge is -2.25. The first-order valence-corrected chi connectivity index (χ1v) is 10.9. The predicted molar refractivity (Wildman–Crippen MR) is 109 cm³/mol. The molecule has 0 spiro atoms. The van der Waals surface area contributed by atoms with E-state index in [2.05, 4.69) is 6.92 Å². The monoisotopic (exact) mass is 379 g/mol. The third-order valence-corrected chi connectivity index (χ3v) is 6.15. The van der Waals surface area contributed by atoms with Crippen molar-refractivity contribution in [3.05, 3.63) is 23.8 Å². The maximum atomic E-state index is 12.7. The summed E-state index contributed by atoms with van der Waals surface area (Å²) >= 11 is 1.81. The summed E-state index contributed by atoms with van der Waals surface area (Å²) in [6.07, 6.45) is 9.29. The Labute approximate surface area is 162 Å². The standard InChI is InChI=1S/C21H33NO3S/c1-4-5-6-7-8-9-10-11-20(23)22-14-15-26-21(22)18-13-12-17(24-2)16-19(18)25-3/h12-13,16,21H,4-11,14-15H2,1-3H3. The fraction of sp³-hybridized carbons (Fsp3) is 0.667. The number of methoxy groups -OCH3 is 2. The van der Waals surface area contributed by atoms with Gasteiger partial charge in [0, 0.05) is 30.3 Å². The number of hydrogen-bond donors (Lipinski definition) is 0. The summed E-state index contributed by atoms with van der Waals surface area (Å²) in [6.45, 7) is 3.06. The maximum Gasteiger partial charge on any atom is 0.223 e. The van der Waals surface area contributed by atoms with Crippen LogP contribution >= 0.6 is 11.8 Å². The van der Waals surface area contributed by atoms with E-state index in [1.165, 1.54) is 32.1 Å². The Kier molecular flexibility index (Phi) is 9.16. The van der Waals surface area contributed by atoms with E-state index in [-0.39, 0.29) is 11.3 Å². The molecular weight excluding hydrogens is 346 g/mol. The van der Waals surface area contributed by atoms with Crippen molar-refractivity contribution in [3.63, 3.8) is 0 Å². The van der Waals surface area contributed by atoms with Crippen LogP contribution in [0.5, 0.6) is 11.5 Å². The predicted octanol–water partition coefficient (Wildman–Crippen LogP) is 5.42. The summed E-state index contributed by atoms with van der Waals surface area (Å²) < 4.78 is 10.8. The Morgan fingerprint density at radius 3 is 2.54 bits per heavy atom. The SMILES string of the molecule is CCCCCCCCCC(=O)N1CCSC1c1ccc(OC)cc1OC. The number of amides is 1. The molecular formula is C21H33NO3S. The zero-order valence-corrected chi connectivity index (χ0v) is 17.3. The molecule has 5 heteroatoms. The number of thioether (sulfide) groups is 1. The zero-order chi connectivity index (χ0) is 18.8. The fourth-order valence-corrected chi connectivity index (χ4v) is 4.69. The Balaban J connectivity index is 1.88. The van der Waals surface area contributed by atoms with Gasteiger partial charge in [-0.05, 0) is 18.6 Å². The molecule has 0 radical (unpaired) electrons. The van der Waals surface area contributed by atoms with E-state index in [0.29, 0.717) is 6.42 Å². The smallest absolute Gasteiger partial charge is 0.223 e. The summed E-state index contributed by atoms with van der Waals surface area (Å²) in [4.78, 5) is 14.8. The van der Waals surface area contributed by atoms with E-state index in [0.717, 1.165) is 42.2 Å². The molecule has 0 aromatic heterocycles. The molecule has 1 heterocycles.